The number of amides is 1. The summed E-state index contributed by atoms with van der Waals surface area (Å²) >= 11 is 7.13. The van der Waals surface area contributed by atoms with Crippen molar-refractivity contribution in [1.82, 2.24) is 9.88 Å². The van der Waals surface area contributed by atoms with E-state index in [1.54, 1.807) is 18.0 Å². The van der Waals surface area contributed by atoms with Crippen LogP contribution in [0.2, 0.25) is 5.02 Å². The molecule has 1 amide bonds. The molecule has 2 aromatic carbocycles. The van der Waals surface area contributed by atoms with Crippen LogP contribution in [0.25, 0.3) is 0 Å². The Labute approximate surface area is 217 Å². The number of ether oxygens (including phenoxy) is 1. The summed E-state index contributed by atoms with van der Waals surface area (Å²) in [6.07, 6.45) is 2.29. The van der Waals surface area contributed by atoms with Crippen LogP contribution in [0.1, 0.15) is 29.3 Å². The second-order valence-electron chi connectivity index (χ2n) is 8.18. The standard InChI is InChI=1S/C24H24ClF2N3O4S2/c1-16(24-28-15-19(35-24)5-9-23(31)29-10-12-34-13-11-29)30(22-14-18(26)4-8-21(22)27)36(32,33)20-6-2-17(25)3-7-20/h2-4,6-8,14-16H,5,9-13H2,1H3. The molecule has 1 atom stereocenters. The number of aryl methyl sites for hydroxylation is 1. The number of morpholine rings is 1. The molecule has 0 bridgehead atoms. The highest BCUT2D eigenvalue weighted by Crippen LogP contribution is 2.37. The number of carbonyl (C=O) groups excluding carboxylic acids is 1. The van der Waals surface area contributed by atoms with Crippen molar-refractivity contribution in [2.24, 2.45) is 0 Å². The van der Waals surface area contributed by atoms with Gasteiger partial charge < -0.3 is 9.64 Å². The fraction of sp³-hybridized carbons (Fsp3) is 0.333. The SMILES string of the molecule is CC(c1ncc(CCC(=O)N2CCOCC2)s1)N(c1cc(F)ccc1F)S(=O)(=O)c1ccc(Cl)cc1. The highest BCUT2D eigenvalue weighted by atomic mass is 35.5. The van der Waals surface area contributed by atoms with Gasteiger partial charge in [0.2, 0.25) is 5.91 Å². The molecule has 1 aromatic heterocycles. The van der Waals surface area contributed by atoms with Crippen LogP contribution in [-0.2, 0) is 26.0 Å². The molecule has 3 aromatic rings. The van der Waals surface area contributed by atoms with Gasteiger partial charge in [-0.2, -0.15) is 0 Å². The summed E-state index contributed by atoms with van der Waals surface area (Å²) in [4.78, 5) is 19.2. The number of carbonyl (C=O) groups is 1. The molecule has 0 aliphatic carbocycles. The largest absolute Gasteiger partial charge is 0.378 e. The number of aromatic nitrogens is 1. The quantitative estimate of drug-likeness (QED) is 0.398. The molecule has 0 saturated carbocycles. The average molecular weight is 556 g/mol. The van der Waals surface area contributed by atoms with E-state index < -0.39 is 33.4 Å². The third-order valence-electron chi connectivity index (χ3n) is 5.75. The lowest BCUT2D eigenvalue weighted by Crippen LogP contribution is -2.40. The molecular weight excluding hydrogens is 532 g/mol. The first kappa shape index (κ1) is 26.5. The number of sulfonamides is 1. The molecule has 1 saturated heterocycles. The number of anilines is 1. The zero-order valence-electron chi connectivity index (χ0n) is 19.4. The van der Waals surface area contributed by atoms with Crippen LogP contribution in [0.15, 0.2) is 53.6 Å². The van der Waals surface area contributed by atoms with Crippen molar-refractivity contribution >= 4 is 44.6 Å². The molecule has 0 spiro atoms. The summed E-state index contributed by atoms with van der Waals surface area (Å²) in [5, 5.41) is 0.715. The van der Waals surface area contributed by atoms with Gasteiger partial charge in [0.05, 0.1) is 29.8 Å². The normalized spacial score (nSPS) is 15.1. The summed E-state index contributed by atoms with van der Waals surface area (Å²) in [7, 11) is -4.33. The Bertz CT molecular complexity index is 1330. The molecule has 0 N–H and O–H groups in total. The van der Waals surface area contributed by atoms with Crippen molar-refractivity contribution in [3.05, 3.63) is 75.2 Å². The van der Waals surface area contributed by atoms with Crippen LogP contribution in [0, 0.1) is 11.6 Å². The van der Waals surface area contributed by atoms with Crippen molar-refractivity contribution < 1.29 is 26.7 Å². The fourth-order valence-corrected chi connectivity index (χ4v) is 6.63. The number of halogens is 3. The number of thiazole rings is 1. The zero-order chi connectivity index (χ0) is 25.9. The first-order chi connectivity index (χ1) is 17.2. The second kappa shape index (κ2) is 11.2. The fourth-order valence-electron chi connectivity index (χ4n) is 3.85. The Kier molecular flexibility index (Phi) is 8.23. The number of nitrogens with zero attached hydrogens (tertiary/aromatic N) is 3. The highest BCUT2D eigenvalue weighted by molar-refractivity contribution is 7.92. The number of hydrogen-bond donors (Lipinski definition) is 0. The molecule has 1 aliphatic heterocycles. The highest BCUT2D eigenvalue weighted by Gasteiger charge is 2.34. The van der Waals surface area contributed by atoms with E-state index in [9.17, 15) is 22.0 Å². The van der Waals surface area contributed by atoms with E-state index in [4.69, 9.17) is 16.3 Å². The van der Waals surface area contributed by atoms with E-state index in [1.165, 1.54) is 35.6 Å². The van der Waals surface area contributed by atoms with Crippen LogP contribution >= 0.6 is 22.9 Å². The van der Waals surface area contributed by atoms with Gasteiger partial charge in [0.1, 0.15) is 16.6 Å². The predicted octanol–water partition coefficient (Wildman–Crippen LogP) is 4.82. The predicted molar refractivity (Wildman–Crippen MR) is 134 cm³/mol. The maximum Gasteiger partial charge on any atom is 0.265 e. The molecule has 1 unspecified atom stereocenters. The lowest BCUT2D eigenvalue weighted by atomic mass is 10.2. The van der Waals surface area contributed by atoms with Crippen molar-refractivity contribution in [2.75, 3.05) is 30.6 Å². The topological polar surface area (TPSA) is 79.8 Å². The Morgan fingerprint density at radius 1 is 1.19 bits per heavy atom. The molecule has 36 heavy (non-hydrogen) atoms. The summed E-state index contributed by atoms with van der Waals surface area (Å²) in [5.74, 6) is -1.67. The minimum atomic E-state index is -4.33. The van der Waals surface area contributed by atoms with Crippen molar-refractivity contribution in [3.8, 4) is 0 Å². The maximum absolute atomic E-state index is 14.8. The first-order valence-electron chi connectivity index (χ1n) is 11.2. The molecule has 0 radical (unpaired) electrons. The molecule has 12 heteroatoms. The monoisotopic (exact) mass is 555 g/mol. The smallest absolute Gasteiger partial charge is 0.265 e. The van der Waals surface area contributed by atoms with Crippen molar-refractivity contribution in [3.63, 3.8) is 0 Å². The van der Waals surface area contributed by atoms with Gasteiger partial charge in [0.15, 0.2) is 0 Å². The average Bonchev–Trinajstić information content (AvgIpc) is 3.34. The van der Waals surface area contributed by atoms with Gasteiger partial charge in [-0.15, -0.1) is 11.3 Å². The molecule has 7 nitrogen and oxygen atoms in total. The first-order valence-corrected chi connectivity index (χ1v) is 13.9. The van der Waals surface area contributed by atoms with E-state index in [0.717, 1.165) is 27.4 Å². The van der Waals surface area contributed by atoms with Gasteiger partial charge in [-0.25, -0.2) is 22.2 Å². The Balaban J connectivity index is 1.62. The molecule has 1 aliphatic rings. The number of rotatable bonds is 8. The van der Waals surface area contributed by atoms with E-state index in [2.05, 4.69) is 4.98 Å². The van der Waals surface area contributed by atoms with E-state index >= 15 is 0 Å². The van der Waals surface area contributed by atoms with Crippen molar-refractivity contribution in [2.45, 2.75) is 30.7 Å². The Hall–Kier alpha value is -2.60. The minimum Gasteiger partial charge on any atom is -0.378 e. The maximum atomic E-state index is 14.8. The van der Waals surface area contributed by atoms with Crippen LogP contribution in [0.4, 0.5) is 14.5 Å². The summed E-state index contributed by atoms with van der Waals surface area (Å²) in [5.41, 5.74) is -0.434. The van der Waals surface area contributed by atoms with Crippen LogP contribution in [-0.4, -0.2) is 50.5 Å². The van der Waals surface area contributed by atoms with Gasteiger partial charge in [-0.3, -0.25) is 9.10 Å². The lowest BCUT2D eigenvalue weighted by Gasteiger charge is -2.29. The van der Waals surface area contributed by atoms with Crippen LogP contribution in [0.3, 0.4) is 0 Å². The Morgan fingerprint density at radius 2 is 1.89 bits per heavy atom. The van der Waals surface area contributed by atoms with Crippen LogP contribution in [0.5, 0.6) is 0 Å². The third-order valence-corrected chi connectivity index (χ3v) is 9.12. The molecule has 192 valence electrons. The zero-order valence-corrected chi connectivity index (χ0v) is 21.8. The van der Waals surface area contributed by atoms with E-state index in [0.29, 0.717) is 42.8 Å². The van der Waals surface area contributed by atoms with E-state index in [1.807, 2.05) is 0 Å². The van der Waals surface area contributed by atoms with E-state index in [-0.39, 0.29) is 17.2 Å². The molecule has 2 heterocycles. The summed E-state index contributed by atoms with van der Waals surface area (Å²) in [6, 6.07) is 7.11. The van der Waals surface area contributed by atoms with Crippen molar-refractivity contribution in [1.29, 1.82) is 0 Å². The van der Waals surface area contributed by atoms with Gasteiger partial charge in [0, 0.05) is 41.7 Å². The van der Waals surface area contributed by atoms with Gasteiger partial charge in [0.25, 0.3) is 10.0 Å². The third kappa shape index (κ3) is 5.86. The second-order valence-corrected chi connectivity index (χ2v) is 11.6. The minimum absolute atomic E-state index is 0.00933. The molecule has 1 fully saturated rings. The lowest BCUT2D eigenvalue weighted by molar-refractivity contribution is -0.135. The van der Waals surface area contributed by atoms with Gasteiger partial charge >= 0.3 is 0 Å². The van der Waals surface area contributed by atoms with Crippen LogP contribution < -0.4 is 4.31 Å². The van der Waals surface area contributed by atoms with Gasteiger partial charge in [-0.05, 0) is 49.7 Å². The summed E-state index contributed by atoms with van der Waals surface area (Å²) < 4.78 is 62.3. The number of hydrogen-bond acceptors (Lipinski definition) is 6. The number of benzene rings is 2. The summed E-state index contributed by atoms with van der Waals surface area (Å²) in [6.45, 7) is 3.70. The molecular formula is C24H24ClF2N3O4S2. The van der Waals surface area contributed by atoms with Gasteiger partial charge in [-0.1, -0.05) is 11.6 Å². The Morgan fingerprint density at radius 3 is 2.58 bits per heavy atom. The molecule has 4 rings (SSSR count).